The van der Waals surface area contributed by atoms with Gasteiger partial charge in [-0.2, -0.15) is 0 Å². The lowest BCUT2D eigenvalue weighted by Gasteiger charge is -2.27. The number of rotatable bonds is 13. The summed E-state index contributed by atoms with van der Waals surface area (Å²) in [6, 6.07) is 0. The molecule has 0 saturated carbocycles. The number of anilines is 1. The number of imidazole rings is 1. The third-order valence-electron chi connectivity index (χ3n) is 5.41. The molecule has 15 nitrogen and oxygen atoms in total. The van der Waals surface area contributed by atoms with Crippen molar-refractivity contribution in [3.8, 4) is 0 Å². The molecule has 4 atom stereocenters. The molecule has 1 unspecified atom stereocenters. The van der Waals surface area contributed by atoms with Crippen molar-refractivity contribution in [2.24, 2.45) is 5.92 Å². The van der Waals surface area contributed by atoms with Crippen LogP contribution in [0.4, 0.5) is 5.82 Å². The van der Waals surface area contributed by atoms with Gasteiger partial charge in [0, 0.05) is 19.8 Å². The van der Waals surface area contributed by atoms with Crippen molar-refractivity contribution >= 4 is 34.8 Å². The summed E-state index contributed by atoms with van der Waals surface area (Å²) in [5, 5.41) is 13.6. The van der Waals surface area contributed by atoms with E-state index < -0.39 is 43.0 Å². The Kier molecular flexibility index (Phi) is 10.4. The number of nitrogens with one attached hydrogen (secondary N) is 1. The molecule has 0 aliphatic carbocycles. The van der Waals surface area contributed by atoms with Gasteiger partial charge in [-0.3, -0.25) is 19.0 Å². The Morgan fingerprint density at radius 2 is 1.68 bits per heavy atom. The van der Waals surface area contributed by atoms with E-state index in [1.165, 1.54) is 26.5 Å². The van der Waals surface area contributed by atoms with E-state index in [1.807, 2.05) is 0 Å². The zero-order chi connectivity index (χ0) is 27.8. The number of aromatic nitrogens is 4. The zero-order valence-corrected chi connectivity index (χ0v) is 21.9. The Hall–Kier alpha value is -3.24. The van der Waals surface area contributed by atoms with Gasteiger partial charge < -0.3 is 38.8 Å². The van der Waals surface area contributed by atoms with Gasteiger partial charge in [0.1, 0.15) is 31.7 Å². The molecule has 1 amide bonds. The highest BCUT2D eigenvalue weighted by molar-refractivity contribution is 5.97. The summed E-state index contributed by atoms with van der Waals surface area (Å²) < 4.78 is 34.3. The Bertz CT molecular complexity index is 1090. The minimum atomic E-state index is -1.33. The van der Waals surface area contributed by atoms with Gasteiger partial charge in [0.2, 0.25) is 5.91 Å². The van der Waals surface area contributed by atoms with E-state index >= 15 is 0 Å². The van der Waals surface area contributed by atoms with Crippen molar-refractivity contribution in [2.45, 2.75) is 65.6 Å². The molecule has 1 aliphatic heterocycles. The second-order valence-electron chi connectivity index (χ2n) is 8.72. The number of carbonyl (C=O) groups is 3. The quantitative estimate of drug-likeness (QED) is 0.204. The van der Waals surface area contributed by atoms with Gasteiger partial charge >= 0.3 is 11.9 Å². The largest absolute Gasteiger partial charge is 0.463 e. The van der Waals surface area contributed by atoms with Crippen LogP contribution in [0, 0.1) is 5.92 Å². The molecule has 2 N–H and O–H groups in total. The van der Waals surface area contributed by atoms with Crippen LogP contribution in [-0.4, -0.2) is 93.7 Å². The van der Waals surface area contributed by atoms with Gasteiger partial charge in [0.25, 0.3) is 6.48 Å². The van der Waals surface area contributed by atoms with Crippen LogP contribution in [0.1, 0.15) is 40.8 Å². The molecule has 1 aliphatic rings. The highest BCUT2D eigenvalue weighted by Gasteiger charge is 2.45. The molecule has 2 aromatic rings. The minimum absolute atomic E-state index is 0.0556. The fourth-order valence-electron chi connectivity index (χ4n) is 3.49. The van der Waals surface area contributed by atoms with Crippen molar-refractivity contribution < 1.29 is 47.9 Å². The first-order valence-electron chi connectivity index (χ1n) is 12.1. The molecule has 38 heavy (non-hydrogen) atoms. The highest BCUT2D eigenvalue weighted by Crippen LogP contribution is 2.35. The summed E-state index contributed by atoms with van der Waals surface area (Å²) in [4.78, 5) is 47.0. The Morgan fingerprint density at radius 3 is 2.26 bits per heavy atom. The average molecular weight is 540 g/mol. The first-order chi connectivity index (χ1) is 18.1. The normalized spacial score (nSPS) is 21.3. The van der Waals surface area contributed by atoms with Gasteiger partial charge in [-0.15, -0.1) is 0 Å². The van der Waals surface area contributed by atoms with Crippen LogP contribution >= 0.6 is 0 Å². The second kappa shape index (κ2) is 13.5. The average Bonchev–Trinajstić information content (AvgIpc) is 3.40. The SMILES string of the molecule is CC(=O)OCCOC(OCCOC(C)=O)OC1[C@@H](O)[C@@H](C)O[C@H]1n1cnc2c(NC(=O)C(C)C)ncnc21. The number of aliphatic hydroxyl groups excluding tert-OH is 1. The van der Waals surface area contributed by atoms with E-state index in [4.69, 9.17) is 28.4 Å². The molecule has 2 aromatic heterocycles. The molecule has 0 aromatic carbocycles. The van der Waals surface area contributed by atoms with Gasteiger partial charge in [-0.25, -0.2) is 15.0 Å². The zero-order valence-electron chi connectivity index (χ0n) is 21.9. The molecule has 3 heterocycles. The lowest BCUT2D eigenvalue weighted by molar-refractivity contribution is -0.320. The summed E-state index contributed by atoms with van der Waals surface area (Å²) in [5.41, 5.74) is 0.659. The van der Waals surface area contributed by atoms with E-state index in [-0.39, 0.29) is 44.1 Å². The van der Waals surface area contributed by atoms with Crippen LogP contribution in [0.5, 0.6) is 0 Å². The van der Waals surface area contributed by atoms with E-state index in [1.54, 1.807) is 25.3 Å². The number of esters is 2. The number of amides is 1. The fraction of sp³-hybridized carbons (Fsp3) is 0.652. The maximum absolute atomic E-state index is 12.2. The molecule has 3 rings (SSSR count). The predicted octanol–water partition coefficient (Wildman–Crippen LogP) is 0.527. The van der Waals surface area contributed by atoms with Gasteiger partial charge in [0.15, 0.2) is 23.2 Å². The van der Waals surface area contributed by atoms with Crippen LogP contribution in [0.3, 0.4) is 0 Å². The van der Waals surface area contributed by atoms with Crippen LogP contribution in [-0.2, 0) is 42.8 Å². The number of hydrogen-bond donors (Lipinski definition) is 2. The van der Waals surface area contributed by atoms with Crippen LogP contribution in [0.2, 0.25) is 0 Å². The lowest BCUT2D eigenvalue weighted by atomic mass is 10.1. The molecule has 210 valence electrons. The Labute approximate surface area is 218 Å². The molecule has 0 spiro atoms. The van der Waals surface area contributed by atoms with E-state index in [2.05, 4.69) is 20.3 Å². The maximum atomic E-state index is 12.2. The molecule has 1 fully saturated rings. The molecule has 1 saturated heterocycles. The summed E-state index contributed by atoms with van der Waals surface area (Å²) in [7, 11) is 0. The number of carbonyl (C=O) groups excluding carboxylic acids is 3. The topological polar surface area (TPSA) is 182 Å². The minimum Gasteiger partial charge on any atom is -0.463 e. The number of ether oxygens (including phenoxy) is 6. The number of nitrogens with zero attached hydrogens (tertiary/aromatic N) is 4. The molecule has 0 bridgehead atoms. The van der Waals surface area contributed by atoms with Gasteiger partial charge in [-0.05, 0) is 6.92 Å². The van der Waals surface area contributed by atoms with E-state index in [0.717, 1.165) is 0 Å². The molecule has 0 radical (unpaired) electrons. The van der Waals surface area contributed by atoms with Crippen molar-refractivity contribution in [3.63, 3.8) is 0 Å². The number of aliphatic hydroxyl groups is 1. The van der Waals surface area contributed by atoms with E-state index in [9.17, 15) is 19.5 Å². The second-order valence-corrected chi connectivity index (χ2v) is 8.72. The standard InChI is InChI=1S/C23H33N5O10/c1-12(2)21(32)27-19-16-20(25-10-24-19)28(11-26-16)22-18(17(31)13(3)37-22)38-23(35-8-6-33-14(4)29)36-9-7-34-15(5)30/h10-13,17-18,22-23,31H,6-9H2,1-5H3,(H,24,25,27,32)/t13-,17+,18?,22-/m1/s1. The Balaban J connectivity index is 1.80. The van der Waals surface area contributed by atoms with E-state index in [0.29, 0.717) is 11.2 Å². The monoisotopic (exact) mass is 539 g/mol. The predicted molar refractivity (Wildman–Crippen MR) is 128 cm³/mol. The van der Waals surface area contributed by atoms with Gasteiger partial charge in [0.05, 0.1) is 25.6 Å². The molecular formula is C23H33N5O10. The summed E-state index contributed by atoms with van der Waals surface area (Å²) >= 11 is 0. The smallest absolute Gasteiger partial charge is 0.302 e. The van der Waals surface area contributed by atoms with Crippen molar-refractivity contribution in [1.82, 2.24) is 19.5 Å². The molecule has 15 heteroatoms. The number of fused-ring (bicyclic) bond motifs is 1. The third-order valence-corrected chi connectivity index (χ3v) is 5.41. The molecular weight excluding hydrogens is 506 g/mol. The first-order valence-corrected chi connectivity index (χ1v) is 12.1. The number of hydrogen-bond acceptors (Lipinski definition) is 13. The van der Waals surface area contributed by atoms with Crippen molar-refractivity contribution in [1.29, 1.82) is 0 Å². The van der Waals surface area contributed by atoms with Crippen LogP contribution in [0.15, 0.2) is 12.7 Å². The summed E-state index contributed by atoms with van der Waals surface area (Å²) in [6.07, 6.45) is -0.957. The highest BCUT2D eigenvalue weighted by atomic mass is 16.9. The van der Waals surface area contributed by atoms with Crippen molar-refractivity contribution in [2.75, 3.05) is 31.7 Å². The van der Waals surface area contributed by atoms with Gasteiger partial charge in [-0.1, -0.05) is 13.8 Å². The van der Waals surface area contributed by atoms with Crippen LogP contribution < -0.4 is 5.32 Å². The summed E-state index contributed by atoms with van der Waals surface area (Å²) in [6.45, 7) is 6.12. The van der Waals surface area contributed by atoms with Crippen molar-refractivity contribution in [3.05, 3.63) is 12.7 Å². The third kappa shape index (κ3) is 7.64. The lowest BCUT2D eigenvalue weighted by Crippen LogP contribution is -2.39. The summed E-state index contributed by atoms with van der Waals surface area (Å²) in [5.74, 6) is -1.23. The first kappa shape index (κ1) is 29.3. The fourth-order valence-corrected chi connectivity index (χ4v) is 3.49. The Morgan fingerprint density at radius 1 is 1.05 bits per heavy atom. The van der Waals surface area contributed by atoms with Crippen LogP contribution in [0.25, 0.3) is 11.2 Å². The maximum Gasteiger partial charge on any atom is 0.302 e.